The molecule has 1 N–H and O–H groups in total. The van der Waals surface area contributed by atoms with E-state index < -0.39 is 0 Å². The van der Waals surface area contributed by atoms with Gasteiger partial charge in [0.15, 0.2) is 0 Å². The highest BCUT2D eigenvalue weighted by Crippen LogP contribution is 2.38. The van der Waals surface area contributed by atoms with Crippen LogP contribution in [0.5, 0.6) is 0 Å². The van der Waals surface area contributed by atoms with Crippen molar-refractivity contribution in [1.29, 1.82) is 0 Å². The third-order valence-corrected chi connectivity index (χ3v) is 4.88. The Bertz CT molecular complexity index is 823. The molecule has 2 aromatic rings. The first kappa shape index (κ1) is 15.1. The highest BCUT2D eigenvalue weighted by molar-refractivity contribution is 5.76. The second-order valence-electron chi connectivity index (χ2n) is 6.74. The number of carbonyl (C=O) groups excluding carboxylic acids is 1. The van der Waals surface area contributed by atoms with Crippen LogP contribution >= 0.6 is 0 Å². The van der Waals surface area contributed by atoms with Crippen molar-refractivity contribution in [2.24, 2.45) is 0 Å². The number of aromatic nitrogens is 2. The molecule has 5 nitrogen and oxygen atoms in total. The van der Waals surface area contributed by atoms with Crippen LogP contribution in [0.25, 0.3) is 0 Å². The summed E-state index contributed by atoms with van der Waals surface area (Å²) in [5, 5.41) is 7.43. The Morgan fingerprint density at radius 1 is 1.17 bits per heavy atom. The maximum atomic E-state index is 12.4. The van der Waals surface area contributed by atoms with Gasteiger partial charge in [0.2, 0.25) is 5.91 Å². The smallest absolute Gasteiger partial charge is 0.267 e. The first-order valence-corrected chi connectivity index (χ1v) is 8.66. The van der Waals surface area contributed by atoms with Gasteiger partial charge in [-0.25, -0.2) is 4.68 Å². The molecule has 1 saturated carbocycles. The fraction of sp³-hybridized carbons (Fsp3) is 0.421. The van der Waals surface area contributed by atoms with Crippen molar-refractivity contribution in [3.8, 4) is 0 Å². The molecule has 1 fully saturated rings. The van der Waals surface area contributed by atoms with Crippen molar-refractivity contribution in [1.82, 2.24) is 15.1 Å². The number of benzene rings is 1. The fourth-order valence-electron chi connectivity index (χ4n) is 3.45. The standard InChI is InChI=1S/C19H21N3O2/c23-18(12-22-19(24)11-10-16(21-22)14-8-9-14)20-17-7-3-5-13-4-1-2-6-15(13)17/h1-2,4,6,10-11,14,17H,3,5,7-9,12H2,(H,20,23)/t17-/m0/s1. The van der Waals surface area contributed by atoms with E-state index in [0.29, 0.717) is 5.92 Å². The molecular weight excluding hydrogens is 302 g/mol. The molecule has 1 aromatic heterocycles. The molecule has 5 heteroatoms. The summed E-state index contributed by atoms with van der Waals surface area (Å²) in [5.41, 5.74) is 3.20. The van der Waals surface area contributed by atoms with Crippen molar-refractivity contribution in [2.45, 2.75) is 50.6 Å². The number of nitrogens with zero attached hydrogens (tertiary/aromatic N) is 2. The van der Waals surface area contributed by atoms with E-state index in [0.717, 1.165) is 37.8 Å². The zero-order valence-corrected chi connectivity index (χ0v) is 13.6. The third kappa shape index (κ3) is 3.11. The molecule has 0 spiro atoms. The Morgan fingerprint density at radius 3 is 2.83 bits per heavy atom. The van der Waals surface area contributed by atoms with E-state index in [2.05, 4.69) is 22.5 Å². The largest absolute Gasteiger partial charge is 0.348 e. The van der Waals surface area contributed by atoms with Gasteiger partial charge < -0.3 is 5.32 Å². The molecule has 24 heavy (non-hydrogen) atoms. The second-order valence-corrected chi connectivity index (χ2v) is 6.74. The Morgan fingerprint density at radius 2 is 2.00 bits per heavy atom. The Labute approximate surface area is 140 Å². The van der Waals surface area contributed by atoms with E-state index in [4.69, 9.17) is 0 Å². The number of hydrogen-bond acceptors (Lipinski definition) is 3. The molecule has 1 aromatic carbocycles. The summed E-state index contributed by atoms with van der Waals surface area (Å²) in [7, 11) is 0. The first-order valence-electron chi connectivity index (χ1n) is 8.66. The number of hydrogen-bond donors (Lipinski definition) is 1. The number of fused-ring (bicyclic) bond motifs is 1. The lowest BCUT2D eigenvalue weighted by Crippen LogP contribution is -2.36. The highest BCUT2D eigenvalue weighted by atomic mass is 16.2. The van der Waals surface area contributed by atoms with Crippen LogP contribution in [0.2, 0.25) is 0 Å². The Balaban J connectivity index is 1.48. The minimum atomic E-state index is -0.224. The quantitative estimate of drug-likeness (QED) is 0.939. The first-order chi connectivity index (χ1) is 11.7. The minimum absolute atomic E-state index is 0.0158. The number of rotatable bonds is 4. The molecule has 1 heterocycles. The summed E-state index contributed by atoms with van der Waals surface area (Å²) in [6.07, 6.45) is 5.31. The van der Waals surface area contributed by atoms with Gasteiger partial charge in [0.05, 0.1) is 11.7 Å². The van der Waals surface area contributed by atoms with Gasteiger partial charge in [-0.15, -0.1) is 0 Å². The van der Waals surface area contributed by atoms with Crippen LogP contribution in [0.4, 0.5) is 0 Å². The van der Waals surface area contributed by atoms with Crippen molar-refractivity contribution < 1.29 is 4.79 Å². The van der Waals surface area contributed by atoms with Crippen LogP contribution in [0, 0.1) is 0 Å². The number of aryl methyl sites for hydroxylation is 1. The van der Waals surface area contributed by atoms with Gasteiger partial charge in [-0.2, -0.15) is 5.10 Å². The molecule has 124 valence electrons. The van der Waals surface area contributed by atoms with Crippen LogP contribution < -0.4 is 10.9 Å². The molecule has 0 radical (unpaired) electrons. The Kier molecular flexibility index (Phi) is 3.92. The second kappa shape index (κ2) is 6.23. The van der Waals surface area contributed by atoms with Gasteiger partial charge in [0.25, 0.3) is 5.56 Å². The van der Waals surface area contributed by atoms with Gasteiger partial charge in [-0.1, -0.05) is 24.3 Å². The topological polar surface area (TPSA) is 64.0 Å². The molecule has 2 aliphatic carbocycles. The third-order valence-electron chi connectivity index (χ3n) is 4.88. The number of carbonyl (C=O) groups is 1. The summed E-state index contributed by atoms with van der Waals surface area (Å²) in [6, 6.07) is 11.6. The fourth-order valence-corrected chi connectivity index (χ4v) is 3.45. The summed E-state index contributed by atoms with van der Waals surface area (Å²) < 4.78 is 1.29. The number of amides is 1. The van der Waals surface area contributed by atoms with Crippen LogP contribution in [0.15, 0.2) is 41.2 Å². The summed E-state index contributed by atoms with van der Waals surface area (Å²) in [5.74, 6) is 0.310. The lowest BCUT2D eigenvalue weighted by Gasteiger charge is -2.26. The number of nitrogens with one attached hydrogen (secondary N) is 1. The van der Waals surface area contributed by atoms with E-state index >= 15 is 0 Å². The van der Waals surface area contributed by atoms with Crippen molar-refractivity contribution in [3.05, 3.63) is 63.6 Å². The van der Waals surface area contributed by atoms with E-state index in [1.54, 1.807) is 6.07 Å². The van der Waals surface area contributed by atoms with Gasteiger partial charge >= 0.3 is 0 Å². The normalized spacial score (nSPS) is 19.6. The van der Waals surface area contributed by atoms with E-state index in [-0.39, 0.29) is 24.1 Å². The molecule has 2 aliphatic rings. The Hall–Kier alpha value is -2.43. The van der Waals surface area contributed by atoms with E-state index in [1.807, 2.05) is 12.1 Å². The zero-order chi connectivity index (χ0) is 16.5. The summed E-state index contributed by atoms with van der Waals surface area (Å²) >= 11 is 0. The van der Waals surface area contributed by atoms with Crippen molar-refractivity contribution in [3.63, 3.8) is 0 Å². The molecule has 4 rings (SSSR count). The van der Waals surface area contributed by atoms with E-state index in [9.17, 15) is 9.59 Å². The van der Waals surface area contributed by atoms with Crippen LogP contribution in [-0.2, 0) is 17.8 Å². The van der Waals surface area contributed by atoms with Gasteiger partial charge in [0, 0.05) is 12.0 Å². The van der Waals surface area contributed by atoms with Crippen LogP contribution in [0.3, 0.4) is 0 Å². The predicted molar refractivity (Wildman–Crippen MR) is 90.7 cm³/mol. The van der Waals surface area contributed by atoms with Gasteiger partial charge in [-0.05, 0) is 49.3 Å². The molecule has 1 atom stereocenters. The van der Waals surface area contributed by atoms with Crippen LogP contribution in [0.1, 0.15) is 54.5 Å². The lowest BCUT2D eigenvalue weighted by molar-refractivity contribution is -0.122. The van der Waals surface area contributed by atoms with Gasteiger partial charge in [-0.3, -0.25) is 9.59 Å². The predicted octanol–water partition coefficient (Wildman–Crippen LogP) is 2.31. The van der Waals surface area contributed by atoms with Crippen LogP contribution in [-0.4, -0.2) is 15.7 Å². The molecule has 0 unspecified atom stereocenters. The van der Waals surface area contributed by atoms with Crippen molar-refractivity contribution in [2.75, 3.05) is 0 Å². The highest BCUT2D eigenvalue weighted by Gasteiger charge is 2.26. The van der Waals surface area contributed by atoms with Crippen molar-refractivity contribution >= 4 is 5.91 Å². The average Bonchev–Trinajstić information content (AvgIpc) is 3.42. The maximum absolute atomic E-state index is 12.4. The molecule has 0 bridgehead atoms. The minimum Gasteiger partial charge on any atom is -0.348 e. The molecule has 0 aliphatic heterocycles. The molecule has 1 amide bonds. The van der Waals surface area contributed by atoms with E-state index in [1.165, 1.54) is 21.9 Å². The zero-order valence-electron chi connectivity index (χ0n) is 13.6. The van der Waals surface area contributed by atoms with Gasteiger partial charge in [0.1, 0.15) is 6.54 Å². The molecule has 0 saturated heterocycles. The maximum Gasteiger partial charge on any atom is 0.267 e. The monoisotopic (exact) mass is 323 g/mol. The summed E-state index contributed by atoms with van der Waals surface area (Å²) in [6.45, 7) is -0.0158. The SMILES string of the molecule is O=C(Cn1nc(C2CC2)ccc1=O)N[C@H]1CCCc2ccccc21. The molecular formula is C19H21N3O2. The average molecular weight is 323 g/mol. The summed E-state index contributed by atoms with van der Waals surface area (Å²) in [4.78, 5) is 24.4. The lowest BCUT2D eigenvalue weighted by atomic mass is 9.88.